The Kier molecular flexibility index (Phi) is 7.63. The minimum absolute atomic E-state index is 0.125. The minimum Gasteiger partial charge on any atom is -0.480 e. The number of rotatable bonds is 9. The Balaban J connectivity index is 2.47. The van der Waals surface area contributed by atoms with E-state index in [2.05, 4.69) is 15.6 Å². The van der Waals surface area contributed by atoms with E-state index in [4.69, 9.17) is 9.84 Å². The highest BCUT2D eigenvalue weighted by Crippen LogP contribution is 2.10. The molecule has 23 heavy (non-hydrogen) atoms. The topological polar surface area (TPSA) is 118 Å². The van der Waals surface area contributed by atoms with Gasteiger partial charge in [0.2, 0.25) is 5.91 Å². The van der Waals surface area contributed by atoms with Gasteiger partial charge < -0.3 is 20.5 Å². The second kappa shape index (κ2) is 9.21. The highest BCUT2D eigenvalue weighted by molar-refractivity contribution is 7.09. The highest BCUT2D eigenvalue weighted by atomic mass is 32.1. The number of carboxylic acid groups (broad SMARTS) is 1. The number of thiazole rings is 1. The van der Waals surface area contributed by atoms with Crippen LogP contribution in [0.2, 0.25) is 0 Å². The van der Waals surface area contributed by atoms with E-state index in [0.717, 1.165) is 0 Å². The summed E-state index contributed by atoms with van der Waals surface area (Å²) in [6, 6.07) is -0.966. The molecule has 0 aliphatic carbocycles. The molecule has 0 aromatic carbocycles. The third-order valence-electron chi connectivity index (χ3n) is 2.80. The molecule has 9 heteroatoms. The Labute approximate surface area is 138 Å². The average molecular weight is 343 g/mol. The second-order valence-electron chi connectivity index (χ2n) is 5.33. The smallest absolute Gasteiger partial charge is 0.326 e. The number of aromatic nitrogens is 1. The maximum absolute atomic E-state index is 11.9. The van der Waals surface area contributed by atoms with E-state index in [1.54, 1.807) is 5.38 Å². The monoisotopic (exact) mass is 343 g/mol. The van der Waals surface area contributed by atoms with E-state index in [1.165, 1.54) is 18.4 Å². The van der Waals surface area contributed by atoms with Crippen molar-refractivity contribution in [1.82, 2.24) is 15.6 Å². The van der Waals surface area contributed by atoms with E-state index in [9.17, 15) is 14.4 Å². The molecule has 1 rings (SSSR count). The maximum atomic E-state index is 11.9. The molecule has 8 nitrogen and oxygen atoms in total. The van der Waals surface area contributed by atoms with Crippen LogP contribution in [0, 0.1) is 5.92 Å². The van der Waals surface area contributed by atoms with E-state index in [1.807, 2.05) is 13.8 Å². The minimum atomic E-state index is -1.10. The first-order chi connectivity index (χ1) is 10.8. The summed E-state index contributed by atoms with van der Waals surface area (Å²) in [6.45, 7) is 3.74. The van der Waals surface area contributed by atoms with Crippen LogP contribution in [0.5, 0.6) is 0 Å². The van der Waals surface area contributed by atoms with Crippen LogP contribution in [0.3, 0.4) is 0 Å². The second-order valence-corrected chi connectivity index (χ2v) is 6.27. The highest BCUT2D eigenvalue weighted by Gasteiger charge is 2.21. The van der Waals surface area contributed by atoms with Crippen LogP contribution >= 0.6 is 11.3 Å². The molecule has 1 aromatic heterocycles. The quantitative estimate of drug-likeness (QED) is 0.605. The van der Waals surface area contributed by atoms with Crippen LogP contribution in [0.15, 0.2) is 5.38 Å². The standard InChI is InChI=1S/C14H21N3O5S/c1-8(2)4-9(14(20)21)16-11(18)5-15-13(19)10-7-23-12(17-10)6-22-3/h7-9H,4-6H2,1-3H3,(H,15,19)(H,16,18)(H,20,21)/t9-/m0/s1. The molecule has 0 aliphatic heterocycles. The maximum Gasteiger partial charge on any atom is 0.326 e. The van der Waals surface area contributed by atoms with Gasteiger partial charge in [0, 0.05) is 12.5 Å². The van der Waals surface area contributed by atoms with Crippen LogP contribution in [0.4, 0.5) is 0 Å². The zero-order valence-corrected chi connectivity index (χ0v) is 14.1. The molecule has 0 saturated carbocycles. The van der Waals surface area contributed by atoms with Crippen LogP contribution in [-0.4, -0.2) is 47.6 Å². The van der Waals surface area contributed by atoms with Crippen LogP contribution < -0.4 is 10.6 Å². The van der Waals surface area contributed by atoms with Crippen molar-refractivity contribution in [3.05, 3.63) is 16.1 Å². The zero-order chi connectivity index (χ0) is 17.4. The normalized spacial score (nSPS) is 12.0. The molecule has 1 heterocycles. The molecule has 0 unspecified atom stereocenters. The molecule has 0 radical (unpaired) electrons. The van der Waals surface area contributed by atoms with E-state index in [-0.39, 0.29) is 18.2 Å². The van der Waals surface area contributed by atoms with Gasteiger partial charge in [-0.2, -0.15) is 0 Å². The number of ether oxygens (including phenoxy) is 1. The van der Waals surface area contributed by atoms with Crippen LogP contribution in [0.1, 0.15) is 35.8 Å². The number of nitrogens with one attached hydrogen (secondary N) is 2. The summed E-state index contributed by atoms with van der Waals surface area (Å²) in [6.07, 6.45) is 0.321. The SMILES string of the molecule is COCc1nc(C(=O)NCC(=O)N[C@@H](CC(C)C)C(=O)O)cs1. The number of carbonyl (C=O) groups excluding carboxylic acids is 2. The summed E-state index contributed by atoms with van der Waals surface area (Å²) in [5.74, 6) is -2.02. The fourth-order valence-electron chi connectivity index (χ4n) is 1.79. The van der Waals surface area contributed by atoms with Crippen LogP contribution in [0.25, 0.3) is 0 Å². The third kappa shape index (κ3) is 6.74. The summed E-state index contributed by atoms with van der Waals surface area (Å²) in [5, 5.41) is 16.1. The largest absolute Gasteiger partial charge is 0.480 e. The van der Waals surface area contributed by atoms with E-state index < -0.39 is 23.8 Å². The van der Waals surface area contributed by atoms with Gasteiger partial charge in [-0.3, -0.25) is 9.59 Å². The van der Waals surface area contributed by atoms with Gasteiger partial charge in [-0.15, -0.1) is 11.3 Å². The molecule has 0 spiro atoms. The van der Waals surface area contributed by atoms with Crippen molar-refractivity contribution < 1.29 is 24.2 Å². The number of methoxy groups -OCH3 is 1. The first kappa shape index (κ1) is 19.0. The Morgan fingerprint density at radius 2 is 2.09 bits per heavy atom. The molecule has 1 atom stereocenters. The van der Waals surface area contributed by atoms with Crippen molar-refractivity contribution in [3.8, 4) is 0 Å². The summed E-state index contributed by atoms with van der Waals surface area (Å²) in [4.78, 5) is 38.7. The van der Waals surface area contributed by atoms with Crippen molar-refractivity contribution in [2.24, 2.45) is 5.92 Å². The lowest BCUT2D eigenvalue weighted by molar-refractivity contribution is -0.142. The predicted octanol–water partition coefficient (Wildman–Crippen LogP) is 0.635. The molecule has 0 aliphatic rings. The molecule has 0 bridgehead atoms. The lowest BCUT2D eigenvalue weighted by Crippen LogP contribution is -2.46. The molecule has 3 N–H and O–H groups in total. The lowest BCUT2D eigenvalue weighted by atomic mass is 10.0. The Bertz CT molecular complexity index is 558. The Hall–Kier alpha value is -2.00. The van der Waals surface area contributed by atoms with Crippen molar-refractivity contribution in [2.45, 2.75) is 32.9 Å². The predicted molar refractivity (Wildman–Crippen MR) is 84.2 cm³/mol. The Morgan fingerprint density at radius 1 is 1.39 bits per heavy atom. The summed E-state index contributed by atoms with van der Waals surface area (Å²) in [5.41, 5.74) is 0.201. The first-order valence-corrected chi connectivity index (χ1v) is 7.95. The number of amides is 2. The number of carboxylic acids is 1. The molecule has 1 aromatic rings. The summed E-state index contributed by atoms with van der Waals surface area (Å²) >= 11 is 1.28. The lowest BCUT2D eigenvalue weighted by Gasteiger charge is -2.16. The van der Waals surface area contributed by atoms with Gasteiger partial charge in [-0.1, -0.05) is 13.8 Å². The van der Waals surface area contributed by atoms with Crippen molar-refractivity contribution in [1.29, 1.82) is 0 Å². The number of hydrogen-bond donors (Lipinski definition) is 3. The van der Waals surface area contributed by atoms with Gasteiger partial charge in [0.15, 0.2) is 0 Å². The molecule has 0 saturated heterocycles. The number of hydrogen-bond acceptors (Lipinski definition) is 6. The van der Waals surface area contributed by atoms with Crippen molar-refractivity contribution >= 4 is 29.1 Å². The molecule has 0 fully saturated rings. The van der Waals surface area contributed by atoms with Crippen molar-refractivity contribution in [3.63, 3.8) is 0 Å². The fourth-order valence-corrected chi connectivity index (χ4v) is 2.54. The first-order valence-electron chi connectivity index (χ1n) is 7.07. The zero-order valence-electron chi connectivity index (χ0n) is 13.3. The van der Waals surface area contributed by atoms with Crippen molar-refractivity contribution in [2.75, 3.05) is 13.7 Å². The van der Waals surface area contributed by atoms with Gasteiger partial charge in [0.1, 0.15) is 16.7 Å². The van der Waals surface area contributed by atoms with Crippen LogP contribution in [-0.2, 0) is 20.9 Å². The molecule has 128 valence electrons. The van der Waals surface area contributed by atoms with E-state index >= 15 is 0 Å². The van der Waals surface area contributed by atoms with Gasteiger partial charge in [0.05, 0.1) is 13.2 Å². The molecular weight excluding hydrogens is 322 g/mol. The van der Waals surface area contributed by atoms with Gasteiger partial charge in [-0.05, 0) is 12.3 Å². The number of aliphatic carboxylic acids is 1. The summed E-state index contributed by atoms with van der Waals surface area (Å²) in [7, 11) is 1.53. The van der Waals surface area contributed by atoms with E-state index in [0.29, 0.717) is 18.0 Å². The third-order valence-corrected chi connectivity index (χ3v) is 3.62. The Morgan fingerprint density at radius 3 is 2.65 bits per heavy atom. The number of carbonyl (C=O) groups is 3. The van der Waals surface area contributed by atoms with Gasteiger partial charge in [-0.25, -0.2) is 9.78 Å². The summed E-state index contributed by atoms with van der Waals surface area (Å²) < 4.78 is 4.91. The molecule has 2 amide bonds. The van der Waals surface area contributed by atoms with Gasteiger partial charge >= 0.3 is 5.97 Å². The molecular formula is C14H21N3O5S. The fraction of sp³-hybridized carbons (Fsp3) is 0.571. The number of nitrogens with zero attached hydrogens (tertiary/aromatic N) is 1. The average Bonchev–Trinajstić information content (AvgIpc) is 2.92. The van der Waals surface area contributed by atoms with Gasteiger partial charge in [0.25, 0.3) is 5.91 Å².